The van der Waals surface area contributed by atoms with Gasteiger partial charge in [0, 0.05) is 6.61 Å². The minimum atomic E-state index is -0.749. The summed E-state index contributed by atoms with van der Waals surface area (Å²) in [6, 6.07) is 4.21. The summed E-state index contributed by atoms with van der Waals surface area (Å²) in [6.07, 6.45) is 19.0. The molecule has 2 aliphatic carbocycles. The lowest BCUT2D eigenvalue weighted by molar-refractivity contribution is -0.0102. The van der Waals surface area contributed by atoms with Gasteiger partial charge in [-0.1, -0.05) is 31.8 Å². The summed E-state index contributed by atoms with van der Waals surface area (Å²) < 4.78 is 33.9. The van der Waals surface area contributed by atoms with Gasteiger partial charge in [0.2, 0.25) is 0 Å². The second-order valence-electron chi connectivity index (χ2n) is 10.0. The Morgan fingerprint density at radius 3 is 2.12 bits per heavy atom. The maximum Gasteiger partial charge on any atom is 0.144 e. The Bertz CT molecular complexity index is 732. The lowest BCUT2D eigenvalue weighted by Gasteiger charge is -2.32. The van der Waals surface area contributed by atoms with Gasteiger partial charge in [0.05, 0.1) is 6.10 Å². The van der Waals surface area contributed by atoms with Gasteiger partial charge in [-0.2, -0.15) is 5.26 Å². The zero-order valence-corrected chi connectivity index (χ0v) is 19.5. The largest absolute Gasteiger partial charge is 0.378 e. The van der Waals surface area contributed by atoms with E-state index in [1.54, 1.807) is 6.07 Å². The van der Waals surface area contributed by atoms with Gasteiger partial charge in [-0.15, -0.1) is 6.58 Å². The number of allylic oxidation sites excluding steroid dienone is 1. The molecule has 2 nitrogen and oxygen atoms in total. The van der Waals surface area contributed by atoms with Crippen LogP contribution in [0.15, 0.2) is 24.8 Å². The van der Waals surface area contributed by atoms with Gasteiger partial charge in [0.15, 0.2) is 0 Å². The topological polar surface area (TPSA) is 33.0 Å². The Kier molecular flexibility index (Phi) is 10.2. The maximum atomic E-state index is 13.8. The van der Waals surface area contributed by atoms with E-state index >= 15 is 0 Å². The number of halogens is 2. The fourth-order valence-electron chi connectivity index (χ4n) is 5.52. The first-order chi connectivity index (χ1) is 15.6. The van der Waals surface area contributed by atoms with E-state index in [0.717, 1.165) is 57.0 Å². The molecular weight excluding hydrogens is 404 g/mol. The first kappa shape index (κ1) is 24.9. The summed E-state index contributed by atoms with van der Waals surface area (Å²) >= 11 is 0. The smallest absolute Gasteiger partial charge is 0.144 e. The molecule has 2 aliphatic rings. The Hall–Kier alpha value is -1.73. The normalized spacial score (nSPS) is 25.9. The van der Waals surface area contributed by atoms with Gasteiger partial charge in [-0.25, -0.2) is 8.78 Å². The number of ether oxygens (including phenoxy) is 1. The van der Waals surface area contributed by atoms with Crippen molar-refractivity contribution in [3.63, 3.8) is 0 Å². The zero-order chi connectivity index (χ0) is 22.8. The monoisotopic (exact) mass is 443 g/mol. The van der Waals surface area contributed by atoms with Crippen LogP contribution in [0.2, 0.25) is 0 Å². The molecule has 3 rings (SSSR count). The molecule has 0 bridgehead atoms. The van der Waals surface area contributed by atoms with Gasteiger partial charge in [0.1, 0.15) is 23.3 Å². The first-order valence-corrected chi connectivity index (χ1v) is 12.7. The SMILES string of the molecule is C=CCCCCC1CCC(COC2CCC(CCc3cc(F)c(C#N)c(F)c3)CC2)CC1. The Labute approximate surface area is 193 Å². The van der Waals surface area contributed by atoms with Crippen LogP contribution in [0.1, 0.15) is 94.6 Å². The second-order valence-corrected chi connectivity index (χ2v) is 10.0. The highest BCUT2D eigenvalue weighted by Gasteiger charge is 2.25. The van der Waals surface area contributed by atoms with Crippen LogP contribution in [0.5, 0.6) is 0 Å². The van der Waals surface area contributed by atoms with Crippen LogP contribution in [-0.2, 0) is 11.2 Å². The van der Waals surface area contributed by atoms with E-state index in [2.05, 4.69) is 6.58 Å². The average Bonchev–Trinajstić information content (AvgIpc) is 2.80. The van der Waals surface area contributed by atoms with Gasteiger partial charge in [0.25, 0.3) is 0 Å². The van der Waals surface area contributed by atoms with Crippen LogP contribution in [-0.4, -0.2) is 12.7 Å². The molecule has 0 saturated heterocycles. The molecular formula is C28H39F2NO. The summed E-state index contributed by atoms with van der Waals surface area (Å²) in [5, 5.41) is 8.79. The molecule has 0 heterocycles. The fraction of sp³-hybridized carbons (Fsp3) is 0.679. The van der Waals surface area contributed by atoms with E-state index in [-0.39, 0.29) is 0 Å². The number of hydrogen-bond acceptors (Lipinski definition) is 2. The van der Waals surface area contributed by atoms with Crippen LogP contribution in [0.25, 0.3) is 0 Å². The third kappa shape index (κ3) is 7.69. The molecule has 1 aromatic carbocycles. The van der Waals surface area contributed by atoms with Crippen molar-refractivity contribution in [2.45, 2.75) is 96.0 Å². The summed E-state index contributed by atoms with van der Waals surface area (Å²) in [4.78, 5) is 0. The molecule has 0 amide bonds. The van der Waals surface area contributed by atoms with Crippen molar-refractivity contribution in [2.24, 2.45) is 17.8 Å². The van der Waals surface area contributed by atoms with Gasteiger partial charge >= 0.3 is 0 Å². The van der Waals surface area contributed by atoms with Crippen LogP contribution in [0.4, 0.5) is 8.78 Å². The fourth-order valence-corrected chi connectivity index (χ4v) is 5.52. The molecule has 0 aliphatic heterocycles. The lowest BCUT2D eigenvalue weighted by Crippen LogP contribution is -2.26. The molecule has 0 spiro atoms. The standard InChI is InChI=1S/C28H39F2NO/c1-2-3-4-5-6-21-7-10-23(11-8-21)20-32-25-15-13-22(14-16-25)9-12-24-17-27(29)26(19-31)28(30)18-24/h2,17-18,21-23,25H,1,3-16,20H2. The number of aryl methyl sites for hydroxylation is 1. The Morgan fingerprint density at radius 2 is 1.50 bits per heavy atom. The van der Waals surface area contributed by atoms with Gasteiger partial charge < -0.3 is 4.74 Å². The molecule has 0 atom stereocenters. The molecule has 2 fully saturated rings. The Balaban J connectivity index is 1.28. The highest BCUT2D eigenvalue weighted by Crippen LogP contribution is 2.34. The predicted molar refractivity (Wildman–Crippen MR) is 125 cm³/mol. The summed E-state index contributed by atoms with van der Waals surface area (Å²) in [6.45, 7) is 4.72. The summed E-state index contributed by atoms with van der Waals surface area (Å²) in [5.74, 6) is 0.749. The van der Waals surface area contributed by atoms with Crippen LogP contribution in [0, 0.1) is 40.7 Å². The van der Waals surface area contributed by atoms with Crippen molar-refractivity contribution in [3.05, 3.63) is 47.5 Å². The van der Waals surface area contributed by atoms with Crippen molar-refractivity contribution in [1.82, 2.24) is 0 Å². The van der Waals surface area contributed by atoms with E-state index in [1.165, 1.54) is 57.1 Å². The van der Waals surface area contributed by atoms with Crippen LogP contribution in [0.3, 0.4) is 0 Å². The molecule has 0 radical (unpaired) electrons. The number of nitrogens with zero attached hydrogens (tertiary/aromatic N) is 1. The highest BCUT2D eigenvalue weighted by atomic mass is 19.1. The molecule has 2 saturated carbocycles. The van der Waals surface area contributed by atoms with Crippen molar-refractivity contribution in [2.75, 3.05) is 6.61 Å². The number of rotatable bonds is 11. The third-order valence-corrected chi connectivity index (χ3v) is 7.65. The van der Waals surface area contributed by atoms with Crippen molar-refractivity contribution >= 4 is 0 Å². The summed E-state index contributed by atoms with van der Waals surface area (Å²) in [7, 11) is 0. The van der Waals surface area contributed by atoms with Crippen LogP contribution < -0.4 is 0 Å². The van der Waals surface area contributed by atoms with E-state index in [9.17, 15) is 8.78 Å². The predicted octanol–water partition coefficient (Wildman–Crippen LogP) is 7.90. The number of nitriles is 1. The molecule has 0 unspecified atom stereocenters. The quantitative estimate of drug-likeness (QED) is 0.257. The Morgan fingerprint density at radius 1 is 0.906 bits per heavy atom. The molecule has 4 heteroatoms. The maximum absolute atomic E-state index is 13.8. The number of unbranched alkanes of at least 4 members (excludes halogenated alkanes) is 2. The second kappa shape index (κ2) is 13.1. The summed E-state index contributed by atoms with van der Waals surface area (Å²) in [5.41, 5.74) is 0.164. The molecule has 32 heavy (non-hydrogen) atoms. The van der Waals surface area contributed by atoms with E-state index in [0.29, 0.717) is 24.0 Å². The molecule has 0 N–H and O–H groups in total. The lowest BCUT2D eigenvalue weighted by atomic mass is 9.80. The van der Waals surface area contributed by atoms with Crippen molar-refractivity contribution in [3.8, 4) is 6.07 Å². The van der Waals surface area contributed by atoms with Crippen molar-refractivity contribution in [1.29, 1.82) is 5.26 Å². The number of hydrogen-bond donors (Lipinski definition) is 0. The van der Waals surface area contributed by atoms with E-state index < -0.39 is 17.2 Å². The van der Waals surface area contributed by atoms with Gasteiger partial charge in [-0.3, -0.25) is 0 Å². The third-order valence-electron chi connectivity index (χ3n) is 7.65. The molecule has 176 valence electrons. The minimum Gasteiger partial charge on any atom is -0.378 e. The van der Waals surface area contributed by atoms with Crippen molar-refractivity contribution < 1.29 is 13.5 Å². The minimum absolute atomic E-state index is 0.382. The average molecular weight is 444 g/mol. The van der Waals surface area contributed by atoms with E-state index in [1.807, 2.05) is 6.08 Å². The molecule has 0 aromatic heterocycles. The first-order valence-electron chi connectivity index (χ1n) is 12.7. The van der Waals surface area contributed by atoms with Gasteiger partial charge in [-0.05, 0) is 99.7 Å². The van der Waals surface area contributed by atoms with E-state index in [4.69, 9.17) is 10.00 Å². The number of benzene rings is 1. The molecule has 1 aromatic rings. The zero-order valence-electron chi connectivity index (χ0n) is 19.5. The van der Waals surface area contributed by atoms with Crippen LogP contribution >= 0.6 is 0 Å². The highest BCUT2D eigenvalue weighted by molar-refractivity contribution is 5.35.